The summed E-state index contributed by atoms with van der Waals surface area (Å²) in [6, 6.07) is 0.540. The molecule has 2 aromatic heterocycles. The molecule has 0 atom stereocenters. The zero-order valence-corrected chi connectivity index (χ0v) is 12.5. The molecule has 136 valence electrons. The molecule has 3 aromatic rings. The zero-order chi connectivity index (χ0) is 19.1. The van der Waals surface area contributed by atoms with E-state index in [0.717, 1.165) is 12.4 Å². The largest absolute Gasteiger partial charge is 0.405 e. The molecule has 11 heteroatoms. The maximum Gasteiger partial charge on any atom is 0.405 e. The van der Waals surface area contributed by atoms with Crippen molar-refractivity contribution >= 4 is 16.9 Å². The lowest BCUT2D eigenvalue weighted by Gasteiger charge is -2.16. The van der Waals surface area contributed by atoms with Crippen LogP contribution in [0.3, 0.4) is 0 Å². The van der Waals surface area contributed by atoms with Crippen LogP contribution in [0.1, 0.15) is 0 Å². The highest BCUT2D eigenvalue weighted by Crippen LogP contribution is 2.38. The lowest BCUT2D eigenvalue weighted by atomic mass is 10.0. The van der Waals surface area contributed by atoms with E-state index in [1.165, 1.54) is 0 Å². The Kier molecular flexibility index (Phi) is 4.38. The number of hydrogen-bond acceptors (Lipinski definition) is 4. The normalized spacial score (nSPS) is 11.8. The minimum absolute atomic E-state index is 0.270. The van der Waals surface area contributed by atoms with Gasteiger partial charge in [0.15, 0.2) is 5.65 Å². The Hall–Kier alpha value is -2.98. The van der Waals surface area contributed by atoms with E-state index < -0.39 is 52.9 Å². The van der Waals surface area contributed by atoms with Gasteiger partial charge < -0.3 is 5.32 Å². The van der Waals surface area contributed by atoms with Crippen LogP contribution >= 0.6 is 0 Å². The third-order valence-electron chi connectivity index (χ3n) is 3.30. The molecule has 2 heterocycles. The highest BCUT2D eigenvalue weighted by molar-refractivity contribution is 5.95. The molecule has 0 bridgehead atoms. The van der Waals surface area contributed by atoms with Crippen molar-refractivity contribution in [2.24, 2.45) is 0 Å². The Morgan fingerprint density at radius 3 is 2.12 bits per heavy atom. The fourth-order valence-corrected chi connectivity index (χ4v) is 2.33. The van der Waals surface area contributed by atoms with Crippen molar-refractivity contribution in [3.8, 4) is 11.1 Å². The number of nitrogens with zero attached hydrogens (tertiary/aromatic N) is 3. The van der Waals surface area contributed by atoms with E-state index in [4.69, 9.17) is 0 Å². The topological polar surface area (TPSA) is 50.7 Å². The van der Waals surface area contributed by atoms with Gasteiger partial charge in [-0.1, -0.05) is 0 Å². The van der Waals surface area contributed by atoms with Gasteiger partial charge in [0.25, 0.3) is 0 Å². The molecular weight excluding hydrogens is 369 g/mol. The second kappa shape index (κ2) is 6.39. The molecule has 1 aromatic carbocycles. The van der Waals surface area contributed by atoms with Crippen LogP contribution < -0.4 is 5.32 Å². The summed E-state index contributed by atoms with van der Waals surface area (Å²) in [5.41, 5.74) is -3.40. The predicted molar refractivity (Wildman–Crippen MR) is 77.1 cm³/mol. The van der Waals surface area contributed by atoms with Crippen molar-refractivity contribution in [3.05, 3.63) is 47.9 Å². The second-order valence-electron chi connectivity index (χ2n) is 5.09. The molecular formula is C15H7F7N4. The van der Waals surface area contributed by atoms with Gasteiger partial charge in [-0.2, -0.15) is 22.5 Å². The second-order valence-corrected chi connectivity index (χ2v) is 5.09. The fourth-order valence-electron chi connectivity index (χ4n) is 2.33. The number of benzene rings is 1. The number of aromatic nitrogens is 3. The van der Waals surface area contributed by atoms with E-state index in [1.807, 2.05) is 5.32 Å². The van der Waals surface area contributed by atoms with Gasteiger partial charge in [0, 0.05) is 24.5 Å². The van der Waals surface area contributed by atoms with Crippen LogP contribution in [0.5, 0.6) is 0 Å². The zero-order valence-electron chi connectivity index (χ0n) is 12.5. The van der Waals surface area contributed by atoms with Gasteiger partial charge in [-0.05, 0) is 0 Å². The molecule has 0 aliphatic heterocycles. The SMILES string of the molecule is Fc1cc(F)c(-c2c(F)nc3nccnc3c2NCC(F)(F)F)c(F)c1. The van der Waals surface area contributed by atoms with Crippen LogP contribution in [0.25, 0.3) is 22.3 Å². The Bertz CT molecular complexity index is 965. The van der Waals surface area contributed by atoms with E-state index >= 15 is 0 Å². The van der Waals surface area contributed by atoms with Crippen molar-refractivity contribution in [3.63, 3.8) is 0 Å². The predicted octanol–water partition coefficient (Wildman–Crippen LogP) is 4.22. The fraction of sp³-hybridized carbons (Fsp3) is 0.133. The molecule has 4 nitrogen and oxygen atoms in total. The average molecular weight is 376 g/mol. The van der Waals surface area contributed by atoms with E-state index in [2.05, 4.69) is 15.0 Å². The maximum absolute atomic E-state index is 14.4. The van der Waals surface area contributed by atoms with E-state index in [1.54, 1.807) is 0 Å². The molecule has 0 saturated carbocycles. The Labute approximate surface area is 140 Å². The minimum Gasteiger partial charge on any atom is -0.374 e. The summed E-state index contributed by atoms with van der Waals surface area (Å²) in [4.78, 5) is 10.8. The van der Waals surface area contributed by atoms with Crippen LogP contribution in [-0.4, -0.2) is 27.7 Å². The van der Waals surface area contributed by atoms with Gasteiger partial charge >= 0.3 is 6.18 Å². The van der Waals surface area contributed by atoms with E-state index in [0.29, 0.717) is 0 Å². The number of pyridine rings is 1. The minimum atomic E-state index is -4.72. The van der Waals surface area contributed by atoms with Crippen LogP contribution in [0.4, 0.5) is 36.4 Å². The summed E-state index contributed by atoms with van der Waals surface area (Å²) in [5.74, 6) is -5.79. The molecule has 0 spiro atoms. The number of halogens is 7. The summed E-state index contributed by atoms with van der Waals surface area (Å²) in [6.07, 6.45) is -2.52. The van der Waals surface area contributed by atoms with Gasteiger partial charge in [-0.3, -0.25) is 0 Å². The van der Waals surface area contributed by atoms with Crippen LogP contribution in [0.15, 0.2) is 24.5 Å². The van der Waals surface area contributed by atoms with Crippen LogP contribution in [0, 0.1) is 23.4 Å². The van der Waals surface area contributed by atoms with Crippen molar-refractivity contribution in [2.75, 3.05) is 11.9 Å². The lowest BCUT2D eigenvalue weighted by molar-refractivity contribution is -0.115. The number of nitrogens with one attached hydrogen (secondary N) is 1. The molecule has 0 unspecified atom stereocenters. The van der Waals surface area contributed by atoms with Crippen LogP contribution in [-0.2, 0) is 0 Å². The van der Waals surface area contributed by atoms with E-state index in [9.17, 15) is 30.7 Å². The molecule has 26 heavy (non-hydrogen) atoms. The molecule has 0 fully saturated rings. The highest BCUT2D eigenvalue weighted by Gasteiger charge is 2.30. The molecule has 0 aliphatic rings. The summed E-state index contributed by atoms with van der Waals surface area (Å²) in [5, 5.41) is 1.87. The Balaban J connectivity index is 2.32. The van der Waals surface area contributed by atoms with Gasteiger partial charge in [0.1, 0.15) is 29.5 Å². The first kappa shape index (κ1) is 17.8. The molecule has 3 rings (SSSR count). The lowest BCUT2D eigenvalue weighted by Crippen LogP contribution is -2.22. The van der Waals surface area contributed by atoms with Crippen LogP contribution in [0.2, 0.25) is 0 Å². The number of alkyl halides is 3. The first-order chi connectivity index (χ1) is 12.2. The molecule has 0 aliphatic carbocycles. The van der Waals surface area contributed by atoms with Crippen molar-refractivity contribution in [1.29, 1.82) is 0 Å². The summed E-state index contributed by atoms with van der Waals surface area (Å²) < 4.78 is 93.4. The number of fused-ring (bicyclic) bond motifs is 1. The first-order valence-corrected chi connectivity index (χ1v) is 6.93. The molecule has 1 N–H and O–H groups in total. The Morgan fingerprint density at radius 2 is 1.50 bits per heavy atom. The summed E-state index contributed by atoms with van der Waals surface area (Å²) in [6.45, 7) is -1.64. The van der Waals surface area contributed by atoms with Gasteiger partial charge in [-0.15, -0.1) is 0 Å². The standard InChI is InChI=1S/C15H7F7N4/c16-6-3-7(17)9(8(18)4-6)10-11(25-5-15(20,21)22)12-14(26-13(10)19)24-2-1-23-12/h1-4H,5H2,(H,24,25,26). The summed E-state index contributed by atoms with van der Waals surface area (Å²) in [7, 11) is 0. The van der Waals surface area contributed by atoms with Crippen molar-refractivity contribution in [2.45, 2.75) is 6.18 Å². The maximum atomic E-state index is 14.4. The van der Waals surface area contributed by atoms with Crippen molar-refractivity contribution < 1.29 is 30.7 Å². The Morgan fingerprint density at radius 1 is 0.885 bits per heavy atom. The number of hydrogen-bond donors (Lipinski definition) is 1. The van der Waals surface area contributed by atoms with Gasteiger partial charge in [0.2, 0.25) is 5.95 Å². The third-order valence-corrected chi connectivity index (χ3v) is 3.30. The summed E-state index contributed by atoms with van der Waals surface area (Å²) >= 11 is 0. The van der Waals surface area contributed by atoms with Gasteiger partial charge in [-0.25, -0.2) is 23.1 Å². The quantitative estimate of drug-likeness (QED) is 0.549. The van der Waals surface area contributed by atoms with Gasteiger partial charge in [0.05, 0.1) is 16.8 Å². The molecule has 0 radical (unpaired) electrons. The van der Waals surface area contributed by atoms with E-state index in [-0.39, 0.29) is 23.3 Å². The monoisotopic (exact) mass is 376 g/mol. The number of anilines is 1. The van der Waals surface area contributed by atoms with Crippen molar-refractivity contribution in [1.82, 2.24) is 15.0 Å². The molecule has 0 saturated heterocycles. The smallest absolute Gasteiger partial charge is 0.374 e. The third kappa shape index (κ3) is 3.37. The molecule has 0 amide bonds. The highest BCUT2D eigenvalue weighted by atomic mass is 19.4. The number of rotatable bonds is 3. The average Bonchev–Trinajstić information content (AvgIpc) is 2.52. The first-order valence-electron chi connectivity index (χ1n) is 6.93.